The average Bonchev–Trinajstić information content (AvgIpc) is 2.84. The molecule has 0 saturated heterocycles. The Morgan fingerprint density at radius 1 is 0.909 bits per heavy atom. The minimum atomic E-state index is -3.67. The number of fused-ring (bicyclic) bond motifs is 1. The Hall–Kier alpha value is -3.49. The average molecular weight is 465 g/mol. The third-order valence-electron chi connectivity index (χ3n) is 5.50. The maximum Gasteiger partial charge on any atom is 0.338 e. The summed E-state index contributed by atoms with van der Waals surface area (Å²) in [5.41, 5.74) is 3.41. The van der Waals surface area contributed by atoms with Crippen LogP contribution in [-0.2, 0) is 27.7 Å². The van der Waals surface area contributed by atoms with Crippen molar-refractivity contribution >= 4 is 27.6 Å². The van der Waals surface area contributed by atoms with E-state index in [-0.39, 0.29) is 17.4 Å². The minimum absolute atomic E-state index is 0.150. The number of carbonyl (C=O) groups excluding carboxylic acids is 2. The number of carbonyl (C=O) groups is 2. The van der Waals surface area contributed by atoms with E-state index >= 15 is 0 Å². The number of rotatable bonds is 6. The Morgan fingerprint density at radius 3 is 2.21 bits per heavy atom. The maximum absolute atomic E-state index is 13.1. The lowest BCUT2D eigenvalue weighted by Crippen LogP contribution is -2.35. The topological polar surface area (TPSA) is 92.8 Å². The molecule has 0 fully saturated rings. The number of nitrogens with zero attached hydrogens (tertiary/aromatic N) is 1. The van der Waals surface area contributed by atoms with Crippen LogP contribution in [0.1, 0.15) is 38.8 Å². The van der Waals surface area contributed by atoms with Crippen LogP contribution in [0.3, 0.4) is 0 Å². The lowest BCUT2D eigenvalue weighted by molar-refractivity contribution is 0.0526. The van der Waals surface area contributed by atoms with E-state index in [0.29, 0.717) is 36.3 Å². The van der Waals surface area contributed by atoms with Gasteiger partial charge in [-0.3, -0.25) is 4.79 Å². The van der Waals surface area contributed by atoms with Gasteiger partial charge in [-0.2, -0.15) is 4.31 Å². The van der Waals surface area contributed by atoms with Crippen molar-refractivity contribution in [3.8, 4) is 0 Å². The summed E-state index contributed by atoms with van der Waals surface area (Å²) in [6.45, 7) is 2.77. The van der Waals surface area contributed by atoms with Gasteiger partial charge in [0.1, 0.15) is 0 Å². The van der Waals surface area contributed by atoms with E-state index in [1.165, 1.54) is 34.1 Å². The number of amides is 1. The number of sulfonamides is 1. The summed E-state index contributed by atoms with van der Waals surface area (Å²) in [4.78, 5) is 24.4. The SMILES string of the molecule is CCOC(=O)c1ccc(NC(=O)c2ccc(S(=O)(=O)N3CCc4ccccc4C3)cc2)cc1. The normalized spacial score (nSPS) is 13.7. The van der Waals surface area contributed by atoms with Crippen LogP contribution in [0.2, 0.25) is 0 Å². The molecule has 0 radical (unpaired) electrons. The van der Waals surface area contributed by atoms with Gasteiger partial charge in [0.25, 0.3) is 5.91 Å². The fraction of sp³-hybridized carbons (Fsp3) is 0.200. The number of hydrogen-bond donors (Lipinski definition) is 1. The summed E-state index contributed by atoms with van der Waals surface area (Å²) < 4.78 is 32.6. The smallest absolute Gasteiger partial charge is 0.338 e. The van der Waals surface area contributed by atoms with E-state index in [2.05, 4.69) is 5.32 Å². The van der Waals surface area contributed by atoms with Gasteiger partial charge in [-0.05, 0) is 73.0 Å². The standard InChI is InChI=1S/C25H24N2O5S/c1-2-32-25(29)20-7-11-22(12-8-20)26-24(28)19-9-13-23(14-10-19)33(30,31)27-16-15-18-5-3-4-6-21(18)17-27/h3-14H,2,15-17H2,1H3,(H,26,28). The van der Waals surface area contributed by atoms with Crippen LogP contribution < -0.4 is 5.32 Å². The summed E-state index contributed by atoms with van der Waals surface area (Å²) in [6.07, 6.45) is 0.671. The molecule has 170 valence electrons. The van der Waals surface area contributed by atoms with Crippen molar-refractivity contribution in [1.29, 1.82) is 0 Å². The van der Waals surface area contributed by atoms with Gasteiger partial charge in [-0.1, -0.05) is 24.3 Å². The molecule has 33 heavy (non-hydrogen) atoms. The van der Waals surface area contributed by atoms with Crippen LogP contribution in [0.4, 0.5) is 5.69 Å². The molecular weight excluding hydrogens is 440 g/mol. The van der Waals surface area contributed by atoms with E-state index in [9.17, 15) is 18.0 Å². The predicted octanol–water partition coefficient (Wildman–Crippen LogP) is 3.86. The number of anilines is 1. The molecule has 0 spiro atoms. The lowest BCUT2D eigenvalue weighted by atomic mass is 10.0. The molecule has 4 rings (SSSR count). The zero-order chi connectivity index (χ0) is 23.4. The van der Waals surface area contributed by atoms with Gasteiger partial charge in [0.05, 0.1) is 17.1 Å². The second-order valence-electron chi connectivity index (χ2n) is 7.63. The molecule has 0 aromatic heterocycles. The van der Waals surface area contributed by atoms with Crippen molar-refractivity contribution in [2.24, 2.45) is 0 Å². The molecule has 0 saturated carbocycles. The zero-order valence-electron chi connectivity index (χ0n) is 18.2. The highest BCUT2D eigenvalue weighted by atomic mass is 32.2. The van der Waals surface area contributed by atoms with Crippen molar-refractivity contribution in [3.05, 3.63) is 95.1 Å². The molecule has 1 amide bonds. The second-order valence-corrected chi connectivity index (χ2v) is 9.57. The minimum Gasteiger partial charge on any atom is -0.462 e. The second kappa shape index (κ2) is 9.56. The van der Waals surface area contributed by atoms with Crippen LogP contribution in [0, 0.1) is 0 Å². The van der Waals surface area contributed by atoms with Crippen molar-refractivity contribution in [1.82, 2.24) is 4.31 Å². The zero-order valence-corrected chi connectivity index (χ0v) is 19.0. The number of benzene rings is 3. The number of hydrogen-bond acceptors (Lipinski definition) is 5. The first-order valence-electron chi connectivity index (χ1n) is 10.6. The number of esters is 1. The van der Waals surface area contributed by atoms with Gasteiger partial charge < -0.3 is 10.1 Å². The Kier molecular flexibility index (Phi) is 6.57. The molecule has 1 aliphatic rings. The van der Waals surface area contributed by atoms with Crippen LogP contribution in [-0.4, -0.2) is 37.8 Å². The molecule has 8 heteroatoms. The quantitative estimate of drug-likeness (QED) is 0.559. The molecule has 3 aromatic carbocycles. The molecule has 1 N–H and O–H groups in total. The molecule has 7 nitrogen and oxygen atoms in total. The monoisotopic (exact) mass is 464 g/mol. The molecule has 1 heterocycles. The fourth-order valence-electron chi connectivity index (χ4n) is 3.71. The number of nitrogens with one attached hydrogen (secondary N) is 1. The lowest BCUT2D eigenvalue weighted by Gasteiger charge is -2.28. The summed E-state index contributed by atoms with van der Waals surface area (Å²) in [5.74, 6) is -0.806. The third-order valence-corrected chi connectivity index (χ3v) is 7.36. The first-order chi connectivity index (χ1) is 15.9. The number of ether oxygens (including phenoxy) is 1. The molecule has 0 unspecified atom stereocenters. The molecule has 1 aliphatic heterocycles. The fourth-order valence-corrected chi connectivity index (χ4v) is 5.13. The Bertz CT molecular complexity index is 1270. The Labute approximate surface area is 193 Å². The molecule has 0 atom stereocenters. The first-order valence-corrected chi connectivity index (χ1v) is 12.1. The highest BCUT2D eigenvalue weighted by Crippen LogP contribution is 2.25. The van der Waals surface area contributed by atoms with E-state index in [1.54, 1.807) is 31.2 Å². The largest absolute Gasteiger partial charge is 0.462 e. The molecular formula is C25H24N2O5S. The van der Waals surface area contributed by atoms with Crippen molar-refractivity contribution in [2.75, 3.05) is 18.5 Å². The highest BCUT2D eigenvalue weighted by Gasteiger charge is 2.28. The highest BCUT2D eigenvalue weighted by molar-refractivity contribution is 7.89. The summed E-state index contributed by atoms with van der Waals surface area (Å²) in [5, 5.41) is 2.74. The van der Waals surface area contributed by atoms with E-state index in [0.717, 1.165) is 5.56 Å². The van der Waals surface area contributed by atoms with Crippen molar-refractivity contribution in [3.63, 3.8) is 0 Å². The van der Waals surface area contributed by atoms with Gasteiger partial charge in [0.15, 0.2) is 0 Å². The Morgan fingerprint density at radius 2 is 1.55 bits per heavy atom. The van der Waals surface area contributed by atoms with Crippen LogP contribution in [0.25, 0.3) is 0 Å². The van der Waals surface area contributed by atoms with E-state index < -0.39 is 16.0 Å². The van der Waals surface area contributed by atoms with Crippen molar-refractivity contribution < 1.29 is 22.7 Å². The molecule has 0 bridgehead atoms. The summed E-state index contributed by atoms with van der Waals surface area (Å²) in [7, 11) is -3.67. The first kappa shape index (κ1) is 22.7. The van der Waals surface area contributed by atoms with E-state index in [1.807, 2.05) is 24.3 Å². The maximum atomic E-state index is 13.1. The summed E-state index contributed by atoms with van der Waals surface area (Å²) >= 11 is 0. The summed E-state index contributed by atoms with van der Waals surface area (Å²) in [6, 6.07) is 20.1. The van der Waals surface area contributed by atoms with E-state index in [4.69, 9.17) is 4.74 Å². The molecule has 0 aliphatic carbocycles. The third kappa shape index (κ3) is 4.97. The van der Waals surface area contributed by atoms with Crippen LogP contribution in [0.15, 0.2) is 77.7 Å². The van der Waals surface area contributed by atoms with Gasteiger partial charge in [-0.25, -0.2) is 13.2 Å². The van der Waals surface area contributed by atoms with Gasteiger partial charge in [0.2, 0.25) is 10.0 Å². The van der Waals surface area contributed by atoms with Crippen LogP contribution in [0.5, 0.6) is 0 Å². The van der Waals surface area contributed by atoms with Gasteiger partial charge in [0, 0.05) is 24.3 Å². The predicted molar refractivity (Wildman–Crippen MR) is 125 cm³/mol. The molecule has 3 aromatic rings. The Balaban J connectivity index is 1.43. The van der Waals surface area contributed by atoms with Crippen LogP contribution >= 0.6 is 0 Å². The van der Waals surface area contributed by atoms with Crippen molar-refractivity contribution in [2.45, 2.75) is 24.8 Å². The van der Waals surface area contributed by atoms with Gasteiger partial charge >= 0.3 is 5.97 Å². The van der Waals surface area contributed by atoms with Gasteiger partial charge in [-0.15, -0.1) is 0 Å².